The van der Waals surface area contributed by atoms with E-state index < -0.39 is 0 Å². The van der Waals surface area contributed by atoms with Gasteiger partial charge in [0.25, 0.3) is 5.56 Å². The number of rotatable bonds is 5. The predicted molar refractivity (Wildman–Crippen MR) is 208 cm³/mol. The maximum absolute atomic E-state index is 14.7. The smallest absolute Gasteiger partial charge is 0.271 e. The molecular formula is C44H32BrN3OS. The summed E-state index contributed by atoms with van der Waals surface area (Å²) in [5.74, 6) is 0. The van der Waals surface area contributed by atoms with Crippen molar-refractivity contribution in [3.8, 4) is 28.2 Å². The van der Waals surface area contributed by atoms with Gasteiger partial charge in [-0.1, -0.05) is 142 Å². The number of aromatic nitrogens is 2. The third kappa shape index (κ3) is 5.27. The molecule has 1 aliphatic heterocycles. The van der Waals surface area contributed by atoms with Crippen LogP contribution in [0, 0.1) is 6.92 Å². The highest BCUT2D eigenvalue weighted by atomic mass is 79.9. The number of hydrogen-bond donors (Lipinski definition) is 0. The lowest BCUT2D eigenvalue weighted by molar-refractivity contribution is 0.585. The molecule has 0 radical (unpaired) electrons. The zero-order valence-electron chi connectivity index (χ0n) is 27.4. The van der Waals surface area contributed by atoms with E-state index in [0.29, 0.717) is 4.53 Å². The molecule has 0 fully saturated rings. The van der Waals surface area contributed by atoms with E-state index in [-0.39, 0.29) is 11.6 Å². The van der Waals surface area contributed by atoms with E-state index in [1.54, 1.807) is 0 Å². The van der Waals surface area contributed by atoms with Gasteiger partial charge >= 0.3 is 0 Å². The second-order valence-electron chi connectivity index (χ2n) is 12.9. The first-order valence-corrected chi connectivity index (χ1v) is 18.5. The summed E-state index contributed by atoms with van der Waals surface area (Å²) < 4.78 is 5.94. The molecule has 3 heterocycles. The predicted octanol–water partition coefficient (Wildman–Crippen LogP) is 9.51. The number of hydrogen-bond acceptors (Lipinski definition) is 3. The highest BCUT2D eigenvalue weighted by molar-refractivity contribution is 9.10. The van der Waals surface area contributed by atoms with Crippen LogP contribution in [-0.2, 0) is 6.42 Å². The lowest BCUT2D eigenvalue weighted by Crippen LogP contribution is -2.38. The first-order valence-electron chi connectivity index (χ1n) is 16.9. The van der Waals surface area contributed by atoms with Gasteiger partial charge in [-0.25, -0.2) is 4.99 Å². The molecule has 2 aromatic heterocycles. The lowest BCUT2D eigenvalue weighted by Gasteiger charge is -2.30. The molecule has 1 aliphatic carbocycles. The number of allylic oxidation sites excluding steroid dienone is 1. The Balaban J connectivity index is 1.32. The number of benzene rings is 5. The number of halogens is 1. The maximum atomic E-state index is 14.7. The van der Waals surface area contributed by atoms with Gasteiger partial charge in [-0.15, -0.1) is 0 Å². The van der Waals surface area contributed by atoms with Gasteiger partial charge in [0, 0.05) is 21.3 Å². The van der Waals surface area contributed by atoms with Crippen LogP contribution in [0.4, 0.5) is 0 Å². The van der Waals surface area contributed by atoms with E-state index in [1.165, 1.54) is 33.6 Å². The second kappa shape index (κ2) is 12.5. The van der Waals surface area contributed by atoms with Crippen LogP contribution in [0.5, 0.6) is 0 Å². The molecule has 0 saturated heterocycles. The van der Waals surface area contributed by atoms with Gasteiger partial charge in [-0.05, 0) is 84.0 Å². The molecule has 0 spiro atoms. The molecule has 7 aromatic rings. The Bertz CT molecular complexity index is 2610. The van der Waals surface area contributed by atoms with Crippen molar-refractivity contribution in [2.24, 2.45) is 4.99 Å². The minimum atomic E-state index is -0.226. The van der Waals surface area contributed by atoms with Crippen molar-refractivity contribution in [2.45, 2.75) is 25.8 Å². The second-order valence-corrected chi connectivity index (χ2v) is 14.8. The Morgan fingerprint density at radius 3 is 2.20 bits per heavy atom. The van der Waals surface area contributed by atoms with Crippen LogP contribution in [-0.4, -0.2) is 9.13 Å². The summed E-state index contributed by atoms with van der Waals surface area (Å²) in [4.78, 5) is 20.7. The molecule has 5 aromatic carbocycles. The molecule has 0 bridgehead atoms. The van der Waals surface area contributed by atoms with E-state index in [4.69, 9.17) is 4.99 Å². The van der Waals surface area contributed by atoms with E-state index in [9.17, 15) is 4.79 Å². The fourth-order valence-electron chi connectivity index (χ4n) is 7.42. The minimum absolute atomic E-state index is 0.0181. The van der Waals surface area contributed by atoms with Crippen molar-refractivity contribution < 1.29 is 0 Å². The van der Waals surface area contributed by atoms with E-state index >= 15 is 0 Å². The first-order chi connectivity index (χ1) is 24.5. The van der Waals surface area contributed by atoms with Crippen LogP contribution in [0.25, 0.3) is 40.0 Å². The minimum Gasteiger partial charge on any atom is -0.309 e. The third-order valence-corrected chi connectivity index (χ3v) is 11.3. The SMILES string of the molecule is Cc1ccc(-n2c(-c3ccccc3)cc(/C=c3/sc4n(c3=O)[C@@H](c3ccc(Br)cc3)C3=C(N=4)c4ccccc4CC3)c2-c2ccccc2)cc1. The van der Waals surface area contributed by atoms with Gasteiger partial charge in [-0.3, -0.25) is 9.36 Å². The molecule has 4 nitrogen and oxygen atoms in total. The molecule has 0 unspecified atom stereocenters. The molecule has 0 N–H and O–H groups in total. The van der Waals surface area contributed by atoms with Gasteiger partial charge < -0.3 is 4.57 Å². The quantitative estimate of drug-likeness (QED) is 0.174. The number of aryl methyl sites for hydroxylation is 2. The summed E-state index contributed by atoms with van der Waals surface area (Å²) in [5.41, 5.74) is 13.3. The van der Waals surface area contributed by atoms with Crippen LogP contribution in [0.15, 0.2) is 159 Å². The largest absolute Gasteiger partial charge is 0.309 e. The summed E-state index contributed by atoms with van der Waals surface area (Å²) in [6, 6.07) is 48.6. The van der Waals surface area contributed by atoms with Crippen LogP contribution >= 0.6 is 27.3 Å². The molecule has 0 saturated carbocycles. The Kier molecular flexibility index (Phi) is 7.71. The average Bonchev–Trinajstić information content (AvgIpc) is 3.69. The van der Waals surface area contributed by atoms with Crippen molar-refractivity contribution in [1.29, 1.82) is 0 Å². The summed E-state index contributed by atoms with van der Waals surface area (Å²) in [7, 11) is 0. The van der Waals surface area contributed by atoms with Crippen LogP contribution in [0.2, 0.25) is 0 Å². The van der Waals surface area contributed by atoms with Gasteiger partial charge in [0.1, 0.15) is 0 Å². The van der Waals surface area contributed by atoms with Crippen molar-refractivity contribution in [2.75, 3.05) is 0 Å². The molecule has 6 heteroatoms. The molecule has 2 aliphatic rings. The molecule has 50 heavy (non-hydrogen) atoms. The summed E-state index contributed by atoms with van der Waals surface area (Å²) in [6.07, 6.45) is 3.87. The Labute approximate surface area is 302 Å². The van der Waals surface area contributed by atoms with E-state index in [1.807, 2.05) is 16.7 Å². The summed E-state index contributed by atoms with van der Waals surface area (Å²) in [6.45, 7) is 2.11. The fraction of sp³-hybridized carbons (Fsp3) is 0.0909. The average molecular weight is 731 g/mol. The Hall–Kier alpha value is -5.30. The first kappa shape index (κ1) is 30.7. The maximum Gasteiger partial charge on any atom is 0.271 e. The number of nitrogens with zero attached hydrogens (tertiary/aromatic N) is 3. The van der Waals surface area contributed by atoms with Gasteiger partial charge in [-0.2, -0.15) is 0 Å². The molecule has 9 rings (SSSR count). The zero-order chi connectivity index (χ0) is 33.8. The lowest BCUT2D eigenvalue weighted by atomic mass is 9.83. The monoisotopic (exact) mass is 729 g/mol. The fourth-order valence-corrected chi connectivity index (χ4v) is 8.68. The third-order valence-electron chi connectivity index (χ3n) is 9.78. The van der Waals surface area contributed by atoms with Crippen molar-refractivity contribution in [3.63, 3.8) is 0 Å². The van der Waals surface area contributed by atoms with Crippen molar-refractivity contribution >= 4 is 39.0 Å². The van der Waals surface area contributed by atoms with E-state index in [2.05, 4.69) is 161 Å². The van der Waals surface area contributed by atoms with Crippen LogP contribution < -0.4 is 14.9 Å². The summed E-state index contributed by atoms with van der Waals surface area (Å²) in [5, 5.41) is 0. The summed E-state index contributed by atoms with van der Waals surface area (Å²) >= 11 is 5.09. The van der Waals surface area contributed by atoms with Gasteiger partial charge in [0.15, 0.2) is 4.80 Å². The van der Waals surface area contributed by atoms with E-state index in [0.717, 1.165) is 67.1 Å². The van der Waals surface area contributed by atoms with Gasteiger partial charge in [0.05, 0.1) is 27.7 Å². The zero-order valence-corrected chi connectivity index (χ0v) is 29.8. The molecule has 0 amide bonds. The van der Waals surface area contributed by atoms with Crippen molar-refractivity contribution in [3.05, 3.63) is 197 Å². The topological polar surface area (TPSA) is 39.3 Å². The molecule has 242 valence electrons. The standard InChI is InChI=1S/C44H32BrN3OS/c1-28-16-23-35(24-17-28)47-38(30-11-4-2-5-12-30)26-33(41(47)31-13-6-3-7-14-31)27-39-43(49)48-42(32-18-21-34(45)22-19-32)37-25-20-29-10-8-9-15-36(29)40(37)46-44(48)50-39/h2-19,21-24,26-27,42H,20,25H2,1H3/b39-27+/t42-/m0/s1. The van der Waals surface area contributed by atoms with Crippen molar-refractivity contribution in [1.82, 2.24) is 9.13 Å². The normalized spacial score (nSPS) is 15.3. The van der Waals surface area contributed by atoms with Crippen LogP contribution in [0.3, 0.4) is 0 Å². The van der Waals surface area contributed by atoms with Gasteiger partial charge in [0.2, 0.25) is 0 Å². The number of fused-ring (bicyclic) bond motifs is 3. The number of thiazole rings is 1. The Morgan fingerprint density at radius 2 is 1.46 bits per heavy atom. The highest BCUT2D eigenvalue weighted by Gasteiger charge is 2.32. The highest BCUT2D eigenvalue weighted by Crippen LogP contribution is 2.42. The Morgan fingerprint density at radius 1 is 0.780 bits per heavy atom. The molecule has 1 atom stereocenters. The molecular weight excluding hydrogens is 698 g/mol. The van der Waals surface area contributed by atoms with Crippen LogP contribution in [0.1, 0.15) is 40.3 Å².